The van der Waals surface area contributed by atoms with Gasteiger partial charge in [0.15, 0.2) is 5.69 Å². The first-order chi connectivity index (χ1) is 12.0. The van der Waals surface area contributed by atoms with E-state index in [9.17, 15) is 4.79 Å². The van der Waals surface area contributed by atoms with Crippen molar-refractivity contribution in [2.24, 2.45) is 0 Å². The molecule has 0 saturated heterocycles. The van der Waals surface area contributed by atoms with Crippen LogP contribution in [0.15, 0.2) is 48.7 Å². The Morgan fingerprint density at radius 1 is 1.16 bits per heavy atom. The molecule has 3 aromatic rings. The normalized spacial score (nSPS) is 10.6. The number of carbonyl (C=O) groups is 1. The van der Waals surface area contributed by atoms with Gasteiger partial charge in [-0.05, 0) is 34.5 Å². The first kappa shape index (κ1) is 17.2. The summed E-state index contributed by atoms with van der Waals surface area (Å²) >= 11 is 12.2. The summed E-state index contributed by atoms with van der Waals surface area (Å²) in [6, 6.07) is 13.0. The predicted octanol–water partition coefficient (Wildman–Crippen LogP) is 2.92. The summed E-state index contributed by atoms with van der Waals surface area (Å²) in [6.07, 6.45) is 1.10. The van der Waals surface area contributed by atoms with E-state index in [1.807, 2.05) is 30.3 Å². The average molecular weight is 378 g/mol. The Bertz CT molecular complexity index is 896. The number of nitrogens with one attached hydrogen (secondary N) is 2. The van der Waals surface area contributed by atoms with E-state index in [0.29, 0.717) is 21.4 Å². The van der Waals surface area contributed by atoms with E-state index in [4.69, 9.17) is 28.4 Å². The molecular formula is C16H13Cl2N5O2. The van der Waals surface area contributed by atoms with E-state index in [-0.39, 0.29) is 5.69 Å². The monoisotopic (exact) mass is 377 g/mol. The van der Waals surface area contributed by atoms with Crippen LogP contribution in [-0.2, 0) is 6.54 Å². The zero-order valence-electron chi connectivity index (χ0n) is 12.8. The van der Waals surface area contributed by atoms with Gasteiger partial charge in [-0.3, -0.25) is 10.2 Å². The molecule has 0 bridgehead atoms. The molecule has 9 heteroatoms. The maximum absolute atomic E-state index is 11.7. The number of rotatable bonds is 5. The molecule has 3 rings (SSSR count). The molecule has 0 aliphatic rings. The van der Waals surface area contributed by atoms with Gasteiger partial charge in [-0.15, -0.1) is 5.10 Å². The highest BCUT2D eigenvalue weighted by molar-refractivity contribution is 6.35. The molecule has 0 unspecified atom stereocenters. The molecule has 0 aliphatic carbocycles. The zero-order valence-corrected chi connectivity index (χ0v) is 14.3. The Hall–Kier alpha value is -2.61. The largest absolute Gasteiger partial charge is 0.410 e. The molecule has 128 valence electrons. The van der Waals surface area contributed by atoms with Crippen LogP contribution < -0.4 is 10.9 Å². The van der Waals surface area contributed by atoms with Crippen LogP contribution in [0.4, 0.5) is 0 Å². The van der Waals surface area contributed by atoms with Gasteiger partial charge in [0.2, 0.25) is 0 Å². The van der Waals surface area contributed by atoms with Crippen molar-refractivity contribution in [1.29, 1.82) is 0 Å². The lowest BCUT2D eigenvalue weighted by Crippen LogP contribution is -2.37. The predicted molar refractivity (Wildman–Crippen MR) is 93.4 cm³/mol. The number of aromatic nitrogens is 3. The summed E-state index contributed by atoms with van der Waals surface area (Å²) < 4.78 is 0. The summed E-state index contributed by atoms with van der Waals surface area (Å²) in [5, 5.41) is 17.0. The number of hydrogen-bond donors (Lipinski definition) is 3. The molecular weight excluding hydrogens is 365 g/mol. The SMILES string of the molecule is O=C(NNCc1ccc(-c2cc(Cl)ccc2Cl)cc1)c1cn(O)nn1. The Kier molecular flexibility index (Phi) is 5.18. The van der Waals surface area contributed by atoms with Crippen LogP contribution in [0.2, 0.25) is 10.0 Å². The molecule has 0 spiro atoms. The zero-order chi connectivity index (χ0) is 17.8. The van der Waals surface area contributed by atoms with Gasteiger partial charge in [0.25, 0.3) is 5.91 Å². The van der Waals surface area contributed by atoms with Crippen molar-refractivity contribution < 1.29 is 10.0 Å². The highest BCUT2D eigenvalue weighted by Crippen LogP contribution is 2.30. The summed E-state index contributed by atoms with van der Waals surface area (Å²) in [5.41, 5.74) is 8.01. The van der Waals surface area contributed by atoms with E-state index < -0.39 is 5.91 Å². The minimum Gasteiger partial charge on any atom is -0.410 e. The molecule has 1 amide bonds. The molecule has 0 atom stereocenters. The maximum atomic E-state index is 11.7. The van der Waals surface area contributed by atoms with E-state index in [1.54, 1.807) is 12.1 Å². The van der Waals surface area contributed by atoms with Gasteiger partial charge in [0.05, 0.1) is 6.20 Å². The number of nitrogens with zero attached hydrogens (tertiary/aromatic N) is 3. The van der Waals surface area contributed by atoms with Crippen LogP contribution in [0.5, 0.6) is 0 Å². The van der Waals surface area contributed by atoms with Crippen LogP contribution in [0.25, 0.3) is 11.1 Å². The van der Waals surface area contributed by atoms with Crippen molar-refractivity contribution in [3.05, 3.63) is 70.0 Å². The van der Waals surface area contributed by atoms with Crippen LogP contribution in [0, 0.1) is 0 Å². The van der Waals surface area contributed by atoms with Crippen molar-refractivity contribution in [2.45, 2.75) is 6.54 Å². The summed E-state index contributed by atoms with van der Waals surface area (Å²) in [5.74, 6) is -0.498. The number of hydrazine groups is 1. The fraction of sp³-hybridized carbons (Fsp3) is 0.0625. The Labute approximate surface area is 153 Å². The van der Waals surface area contributed by atoms with Crippen LogP contribution in [0.1, 0.15) is 16.1 Å². The molecule has 1 aromatic heterocycles. The maximum Gasteiger partial charge on any atom is 0.287 e. The van der Waals surface area contributed by atoms with Gasteiger partial charge >= 0.3 is 0 Å². The van der Waals surface area contributed by atoms with Crippen molar-refractivity contribution in [3.63, 3.8) is 0 Å². The minimum absolute atomic E-state index is 0.000876. The van der Waals surface area contributed by atoms with Gasteiger partial charge in [0.1, 0.15) is 0 Å². The molecule has 1 heterocycles. The fourth-order valence-corrected chi connectivity index (χ4v) is 2.57. The second kappa shape index (κ2) is 7.52. The number of halogens is 2. The second-order valence-corrected chi connectivity index (χ2v) is 6.00. The number of hydrogen-bond acceptors (Lipinski definition) is 5. The van der Waals surface area contributed by atoms with Gasteiger partial charge < -0.3 is 5.21 Å². The van der Waals surface area contributed by atoms with Gasteiger partial charge in [-0.1, -0.05) is 52.3 Å². The van der Waals surface area contributed by atoms with Crippen LogP contribution in [-0.4, -0.2) is 26.3 Å². The van der Waals surface area contributed by atoms with Crippen LogP contribution in [0.3, 0.4) is 0 Å². The van der Waals surface area contributed by atoms with Crippen molar-refractivity contribution in [2.75, 3.05) is 0 Å². The minimum atomic E-state index is -0.498. The molecule has 7 nitrogen and oxygen atoms in total. The lowest BCUT2D eigenvalue weighted by atomic mass is 10.0. The van der Waals surface area contributed by atoms with Crippen molar-refractivity contribution in [1.82, 2.24) is 26.0 Å². The van der Waals surface area contributed by atoms with Crippen molar-refractivity contribution in [3.8, 4) is 11.1 Å². The summed E-state index contributed by atoms with van der Waals surface area (Å²) in [4.78, 5) is 12.2. The van der Waals surface area contributed by atoms with Gasteiger partial charge in [-0.2, -0.15) is 0 Å². The first-order valence-electron chi connectivity index (χ1n) is 7.22. The highest BCUT2D eigenvalue weighted by Gasteiger charge is 2.10. The number of benzene rings is 2. The molecule has 0 radical (unpaired) electrons. The third kappa shape index (κ3) is 4.27. The van der Waals surface area contributed by atoms with Crippen molar-refractivity contribution >= 4 is 29.1 Å². The Morgan fingerprint density at radius 2 is 1.92 bits per heavy atom. The quantitative estimate of drug-likeness (QED) is 0.469. The average Bonchev–Trinajstić information content (AvgIpc) is 3.04. The third-order valence-corrected chi connectivity index (χ3v) is 3.97. The smallest absolute Gasteiger partial charge is 0.287 e. The lowest BCUT2D eigenvalue weighted by Gasteiger charge is -2.08. The summed E-state index contributed by atoms with van der Waals surface area (Å²) in [6.45, 7) is 0.405. The van der Waals surface area contributed by atoms with Gasteiger partial charge in [0, 0.05) is 22.2 Å². The molecule has 2 aromatic carbocycles. The first-order valence-corrected chi connectivity index (χ1v) is 7.98. The van der Waals surface area contributed by atoms with Gasteiger partial charge in [-0.25, -0.2) is 5.43 Å². The third-order valence-electron chi connectivity index (χ3n) is 3.40. The Balaban J connectivity index is 1.59. The molecule has 0 saturated carbocycles. The van der Waals surface area contributed by atoms with E-state index in [2.05, 4.69) is 21.2 Å². The van der Waals surface area contributed by atoms with E-state index in [1.165, 1.54) is 0 Å². The summed E-state index contributed by atoms with van der Waals surface area (Å²) in [7, 11) is 0. The standard InChI is InChI=1S/C16H13Cl2N5O2/c17-12-5-6-14(18)13(7-12)11-3-1-10(2-4-11)8-19-21-16(24)15-9-23(25)22-20-15/h1-7,9,19,25H,8H2,(H,21,24). The molecule has 3 N–H and O–H groups in total. The topological polar surface area (TPSA) is 92.1 Å². The van der Waals surface area contributed by atoms with E-state index >= 15 is 0 Å². The molecule has 0 fully saturated rings. The van der Waals surface area contributed by atoms with E-state index in [0.717, 1.165) is 22.9 Å². The second-order valence-electron chi connectivity index (χ2n) is 5.15. The Morgan fingerprint density at radius 3 is 2.60 bits per heavy atom. The molecule has 0 aliphatic heterocycles. The highest BCUT2D eigenvalue weighted by atomic mass is 35.5. The fourth-order valence-electron chi connectivity index (χ4n) is 2.17. The number of amides is 1. The lowest BCUT2D eigenvalue weighted by molar-refractivity contribution is 0.0926. The molecule has 25 heavy (non-hydrogen) atoms. The number of carbonyl (C=O) groups excluding carboxylic acids is 1. The van der Waals surface area contributed by atoms with Crippen LogP contribution >= 0.6 is 23.2 Å².